The first-order valence-electron chi connectivity index (χ1n) is 28.8. The van der Waals surface area contributed by atoms with Crippen LogP contribution >= 0.6 is 47.3 Å². The Balaban J connectivity index is 0.000000129. The van der Waals surface area contributed by atoms with Gasteiger partial charge < -0.3 is 19.7 Å². The van der Waals surface area contributed by atoms with Crippen molar-refractivity contribution in [2.45, 2.75) is 164 Å². The summed E-state index contributed by atoms with van der Waals surface area (Å²) in [5.74, 6) is 10.5. The van der Waals surface area contributed by atoms with Crippen LogP contribution in [0.2, 0.25) is 0 Å². The lowest BCUT2D eigenvalue weighted by atomic mass is 9.13. The van der Waals surface area contributed by atoms with E-state index >= 15 is 0 Å². The zero-order valence-corrected chi connectivity index (χ0v) is 47.6. The van der Waals surface area contributed by atoms with Gasteiger partial charge in [0.05, 0.1) is 13.2 Å². The smallest absolute Gasteiger partial charge is 0.369 e. The van der Waals surface area contributed by atoms with Crippen LogP contribution < -0.4 is 9.47 Å². The maximum absolute atomic E-state index is 9.81. The summed E-state index contributed by atoms with van der Waals surface area (Å²) in [4.78, 5) is 0. The zero-order valence-electron chi connectivity index (χ0n) is 42.8. The molecule has 22 rings (SSSR count). The van der Waals surface area contributed by atoms with E-state index in [1.54, 1.807) is 17.5 Å². The van der Waals surface area contributed by atoms with E-state index in [-0.39, 0.29) is 3.18 Å². The number of halogens is 3. The van der Waals surface area contributed by atoms with E-state index < -0.39 is 0 Å². The van der Waals surface area contributed by atoms with Crippen LogP contribution in [0.5, 0.6) is 23.0 Å². The topological polar surface area (TPSA) is 58.9 Å². The monoisotopic (exact) mass is 1160 g/mol. The van der Waals surface area contributed by atoms with Crippen LogP contribution in [0.1, 0.15) is 165 Å². The molecule has 4 spiro atoms. The Morgan fingerprint density at radius 1 is 0.417 bits per heavy atom. The van der Waals surface area contributed by atoms with Crippen LogP contribution in [-0.2, 0) is 21.7 Å². The maximum Gasteiger partial charge on any atom is 0.369 e. The van der Waals surface area contributed by atoms with Gasteiger partial charge in [0.15, 0.2) is 0 Å². The van der Waals surface area contributed by atoms with Crippen LogP contribution in [0, 0.1) is 69.0 Å². The number of aromatic hydroxyl groups is 2. The van der Waals surface area contributed by atoms with Crippen molar-refractivity contribution in [3.05, 3.63) is 119 Å². The number of unbranched alkanes of at least 4 members (excludes halogenated alkanes) is 4. The molecule has 0 heterocycles. The fraction of sp³-hybridized carbons (Fsp3) is 0.625. The molecule has 18 saturated carbocycles. The Labute approximate surface area is 455 Å². The van der Waals surface area contributed by atoms with Gasteiger partial charge in [0.1, 0.15) is 23.0 Å². The molecule has 0 amide bonds. The average Bonchev–Trinajstić information content (AvgIpc) is 3.37. The SMILES string of the molecule is BrB(Br)Br.CCCCCOc1ccc(C23CC4C56CC7(c8ccc(OCCCCC)cc8)CC([C@H]5C2)[C@@H](C3)C4(C7)C6)cc1.Oc1ccc(C23CC4C56CC7(c8ccc(O)cc8)CC([C@H]5C2)[C@@H](C3)C4(C7)C6)cc1. The molecule has 16 bridgehead atoms. The highest BCUT2D eigenvalue weighted by Crippen LogP contribution is 2.95. The van der Waals surface area contributed by atoms with Gasteiger partial charge in [-0.15, -0.1) is 47.3 Å². The number of hydrogen-bond donors (Lipinski definition) is 2. The molecule has 18 aliphatic carbocycles. The van der Waals surface area contributed by atoms with E-state index in [2.05, 4.69) is 134 Å². The number of benzene rings is 4. The van der Waals surface area contributed by atoms with Crippen molar-refractivity contribution >= 4 is 50.5 Å². The molecular formula is C64H76BBr3O4. The highest BCUT2D eigenvalue weighted by Gasteiger charge is 2.88. The predicted molar refractivity (Wildman–Crippen MR) is 301 cm³/mol. The fourth-order valence-corrected chi connectivity index (χ4v) is 23.2. The minimum Gasteiger partial charge on any atom is -0.508 e. The third-order valence-corrected chi connectivity index (χ3v) is 24.6. The summed E-state index contributed by atoms with van der Waals surface area (Å²) >= 11 is 9.31. The molecule has 18 fully saturated rings. The van der Waals surface area contributed by atoms with Gasteiger partial charge in [-0.05, 0) is 264 Å². The van der Waals surface area contributed by atoms with Gasteiger partial charge in [0, 0.05) is 0 Å². The van der Waals surface area contributed by atoms with Crippen LogP contribution in [0.4, 0.5) is 0 Å². The van der Waals surface area contributed by atoms with Crippen molar-refractivity contribution in [1.82, 2.24) is 0 Å². The maximum atomic E-state index is 9.81. The summed E-state index contributed by atoms with van der Waals surface area (Å²) in [6.45, 7) is 6.22. The van der Waals surface area contributed by atoms with Crippen molar-refractivity contribution in [3.63, 3.8) is 0 Å². The largest absolute Gasteiger partial charge is 0.508 e. The van der Waals surface area contributed by atoms with Crippen LogP contribution in [-0.4, -0.2) is 26.6 Å². The average molecular weight is 1160 g/mol. The van der Waals surface area contributed by atoms with Crippen LogP contribution in [0.3, 0.4) is 0 Å². The first-order valence-corrected chi connectivity index (χ1v) is 31.5. The van der Waals surface area contributed by atoms with E-state index in [9.17, 15) is 10.2 Å². The summed E-state index contributed by atoms with van der Waals surface area (Å²) in [6.07, 6.45) is 27.5. The molecule has 0 aliphatic heterocycles. The van der Waals surface area contributed by atoms with Gasteiger partial charge in [0.2, 0.25) is 0 Å². The molecule has 4 aromatic carbocycles. The summed E-state index contributed by atoms with van der Waals surface area (Å²) < 4.78 is 12.4. The van der Waals surface area contributed by atoms with Crippen LogP contribution in [0.15, 0.2) is 97.1 Å². The van der Waals surface area contributed by atoms with E-state index in [0.29, 0.717) is 54.8 Å². The van der Waals surface area contributed by atoms with Gasteiger partial charge in [0.25, 0.3) is 0 Å². The lowest BCUT2D eigenvalue weighted by molar-refractivity contribution is -0.399. The van der Waals surface area contributed by atoms with Gasteiger partial charge in [-0.2, -0.15) is 0 Å². The molecule has 0 radical (unpaired) electrons. The molecule has 2 N–H and O–H groups in total. The minimum absolute atomic E-state index is 0.271. The molecule has 8 heteroatoms. The lowest BCUT2D eigenvalue weighted by Gasteiger charge is -2.91. The Morgan fingerprint density at radius 3 is 1.04 bits per heavy atom. The van der Waals surface area contributed by atoms with Crippen molar-refractivity contribution in [2.75, 3.05) is 13.2 Å². The number of hydrogen-bond acceptors (Lipinski definition) is 4. The zero-order chi connectivity index (χ0) is 49.1. The second kappa shape index (κ2) is 16.8. The van der Waals surface area contributed by atoms with Gasteiger partial charge >= 0.3 is 3.18 Å². The molecule has 18 aliphatic rings. The quantitative estimate of drug-likeness (QED) is 0.0976. The van der Waals surface area contributed by atoms with Gasteiger partial charge in [-0.1, -0.05) is 88.1 Å². The third-order valence-electron chi connectivity index (χ3n) is 24.6. The minimum atomic E-state index is 0.271. The lowest BCUT2D eigenvalue weighted by Crippen LogP contribution is -2.85. The van der Waals surface area contributed by atoms with Crippen molar-refractivity contribution in [3.8, 4) is 23.0 Å². The molecular weight excluding hydrogens is 1080 g/mol. The number of phenolic OH excluding ortho intramolecular Hbond substituents is 2. The summed E-state index contributed by atoms with van der Waals surface area (Å²) in [5.41, 5.74) is 10.5. The Hall–Kier alpha value is -2.42. The summed E-state index contributed by atoms with van der Waals surface area (Å²) in [7, 11) is 0. The first-order chi connectivity index (χ1) is 34.8. The van der Waals surface area contributed by atoms with Crippen molar-refractivity contribution < 1.29 is 19.7 Å². The van der Waals surface area contributed by atoms with E-state index in [1.165, 1.54) is 120 Å². The fourth-order valence-electron chi connectivity index (χ4n) is 23.2. The summed E-state index contributed by atoms with van der Waals surface area (Å²) in [5, 5.41) is 19.6. The van der Waals surface area contributed by atoms with E-state index in [1.807, 2.05) is 24.3 Å². The Morgan fingerprint density at radius 2 is 0.722 bits per heavy atom. The molecule has 4 unspecified atom stereocenters. The number of rotatable bonds is 14. The predicted octanol–water partition coefficient (Wildman–Crippen LogP) is 16.9. The standard InChI is InChI=1S/C37H48O2.C27H28O2.BBr3/c1-3-5-7-17-38-28-13-9-26(10-14-28)34-20-31-30-19-35(27-11-15-29(16-12-27)39-18-8-6-4-2)23-36(31)25-37(24-35,32(30)21-34)33(36)22-34;28-18-5-1-16(2-6-18)24-10-21-20-9-25(17-3-7-19(29)8-4-17)13-26(21)15-27(14-25,22(20)11-24)23(26)12-24;2-1(3)4/h9-16,30-33H,3-8,17-25H2,1-2H3;1-8,20-23,28-29H,9-15H2;/t30?,31-,32-,33?,34?,35?,36?,37?;20?,21-,22-,23?,24?,25?,26?,27?;/m11./s1. The molecule has 0 saturated heterocycles. The molecule has 72 heavy (non-hydrogen) atoms. The Kier molecular flexibility index (Phi) is 11.2. The van der Waals surface area contributed by atoms with Gasteiger partial charge in [-0.3, -0.25) is 0 Å². The van der Waals surface area contributed by atoms with Gasteiger partial charge in [-0.25, -0.2) is 0 Å². The second-order valence-corrected chi connectivity index (χ2v) is 33.5. The number of phenols is 2. The normalized spacial score (nSPS) is 43.8. The van der Waals surface area contributed by atoms with Crippen LogP contribution in [0.25, 0.3) is 0 Å². The molecule has 4 aromatic rings. The second-order valence-electron chi connectivity index (χ2n) is 27.1. The van der Waals surface area contributed by atoms with E-state index in [0.717, 1.165) is 84.9 Å². The first kappa shape index (κ1) is 48.0. The highest BCUT2D eigenvalue weighted by atomic mass is 79.9. The molecule has 4 nitrogen and oxygen atoms in total. The Bertz CT molecular complexity index is 2610. The molecule has 0 aromatic heterocycles. The number of ether oxygens (including phenoxy) is 2. The third kappa shape index (κ3) is 6.57. The van der Waals surface area contributed by atoms with E-state index in [4.69, 9.17) is 9.47 Å². The van der Waals surface area contributed by atoms with Crippen molar-refractivity contribution in [2.24, 2.45) is 69.0 Å². The summed E-state index contributed by atoms with van der Waals surface area (Å²) in [6, 6.07) is 35.5. The molecule has 380 valence electrons. The van der Waals surface area contributed by atoms with Crippen molar-refractivity contribution in [1.29, 1.82) is 0 Å². The highest BCUT2D eigenvalue weighted by molar-refractivity contribution is 9.69. The molecule has 8 atom stereocenters.